The van der Waals surface area contributed by atoms with Gasteiger partial charge in [-0.3, -0.25) is 4.99 Å². The zero-order valence-corrected chi connectivity index (χ0v) is 21.5. The zero-order valence-electron chi connectivity index (χ0n) is 19.2. The summed E-state index contributed by atoms with van der Waals surface area (Å²) in [5, 5.41) is 7.06. The minimum atomic E-state index is 0. The summed E-state index contributed by atoms with van der Waals surface area (Å²) in [7, 11) is 1.84. The third-order valence-corrected chi connectivity index (χ3v) is 6.23. The first-order chi connectivity index (χ1) is 14.6. The minimum Gasteiger partial charge on any atom is -0.382 e. The van der Waals surface area contributed by atoms with Crippen molar-refractivity contribution in [3.8, 4) is 0 Å². The van der Waals surface area contributed by atoms with E-state index in [9.17, 15) is 0 Å². The molecule has 0 amide bonds. The number of imidazole rings is 1. The molecule has 2 aromatic rings. The molecule has 1 saturated carbocycles. The van der Waals surface area contributed by atoms with E-state index in [0.29, 0.717) is 5.41 Å². The van der Waals surface area contributed by atoms with Gasteiger partial charge in [-0.25, -0.2) is 4.98 Å². The normalized spacial score (nSPS) is 15.5. The summed E-state index contributed by atoms with van der Waals surface area (Å²) in [5.74, 6) is 1.90. The van der Waals surface area contributed by atoms with Crippen LogP contribution in [0.1, 0.15) is 56.0 Å². The Morgan fingerprint density at radius 2 is 2.00 bits per heavy atom. The molecule has 0 saturated heterocycles. The fraction of sp³-hybridized carbons (Fsp3) is 0.583. The van der Waals surface area contributed by atoms with Crippen LogP contribution in [-0.2, 0) is 17.8 Å². The van der Waals surface area contributed by atoms with Crippen molar-refractivity contribution in [1.82, 2.24) is 20.2 Å². The van der Waals surface area contributed by atoms with Gasteiger partial charge in [-0.1, -0.05) is 37.1 Å². The highest BCUT2D eigenvalue weighted by Crippen LogP contribution is 2.40. The molecule has 172 valence electrons. The van der Waals surface area contributed by atoms with Gasteiger partial charge in [0.1, 0.15) is 5.82 Å². The lowest BCUT2D eigenvalue weighted by Gasteiger charge is -2.30. The number of aliphatic imine (C=N–C) groups is 1. The average Bonchev–Trinajstić information content (AvgIpc) is 3.38. The molecule has 0 bridgehead atoms. The van der Waals surface area contributed by atoms with Crippen LogP contribution in [0.3, 0.4) is 0 Å². The molecule has 1 aromatic heterocycles. The molecule has 1 heterocycles. The average molecular weight is 540 g/mol. The molecule has 31 heavy (non-hydrogen) atoms. The molecular formula is C24H38IN5O. The first-order valence-electron chi connectivity index (χ1n) is 11.2. The molecule has 0 radical (unpaired) electrons. The highest BCUT2D eigenvalue weighted by molar-refractivity contribution is 14.0. The predicted molar refractivity (Wildman–Crippen MR) is 138 cm³/mol. The van der Waals surface area contributed by atoms with Crippen molar-refractivity contribution < 1.29 is 4.74 Å². The molecule has 3 rings (SSSR count). The maximum absolute atomic E-state index is 5.64. The molecule has 6 nitrogen and oxygen atoms in total. The van der Waals surface area contributed by atoms with E-state index >= 15 is 0 Å². The standard InChI is InChI=1S/C24H37N5O.HI/c1-4-30-15-12-24(10-5-6-11-24)19-28-23(25-3)27-17-21-8-7-9-22(16-21)18-29-14-13-26-20(29)2;/h7-9,13-14,16H,4-6,10-12,15,17-19H2,1-3H3,(H2,25,27,28);1H. The number of hydrogen-bond donors (Lipinski definition) is 2. The van der Waals surface area contributed by atoms with E-state index in [1.54, 1.807) is 0 Å². The van der Waals surface area contributed by atoms with Gasteiger partial charge in [-0.2, -0.15) is 0 Å². The smallest absolute Gasteiger partial charge is 0.191 e. The van der Waals surface area contributed by atoms with Gasteiger partial charge in [0.15, 0.2) is 5.96 Å². The third kappa shape index (κ3) is 7.79. The van der Waals surface area contributed by atoms with Crippen molar-refractivity contribution in [1.29, 1.82) is 0 Å². The first-order valence-corrected chi connectivity index (χ1v) is 11.2. The van der Waals surface area contributed by atoms with E-state index in [4.69, 9.17) is 4.74 Å². The fourth-order valence-corrected chi connectivity index (χ4v) is 4.36. The number of rotatable bonds is 10. The third-order valence-electron chi connectivity index (χ3n) is 6.23. The second-order valence-electron chi connectivity index (χ2n) is 8.36. The molecular weight excluding hydrogens is 501 g/mol. The summed E-state index contributed by atoms with van der Waals surface area (Å²) in [4.78, 5) is 8.74. The molecule has 0 aliphatic heterocycles. The lowest BCUT2D eigenvalue weighted by Crippen LogP contribution is -2.43. The van der Waals surface area contributed by atoms with Crippen LogP contribution in [0.5, 0.6) is 0 Å². The number of guanidine groups is 1. The number of aromatic nitrogens is 2. The van der Waals surface area contributed by atoms with E-state index in [0.717, 1.165) is 51.1 Å². The Bertz CT molecular complexity index is 814. The molecule has 7 heteroatoms. The predicted octanol–water partition coefficient (Wildman–Crippen LogP) is 4.51. The second-order valence-corrected chi connectivity index (χ2v) is 8.36. The van der Waals surface area contributed by atoms with Crippen LogP contribution in [0.4, 0.5) is 0 Å². The Kier molecular flexibility index (Phi) is 10.8. The number of ether oxygens (including phenoxy) is 1. The van der Waals surface area contributed by atoms with Gasteiger partial charge in [0.2, 0.25) is 0 Å². The van der Waals surface area contributed by atoms with Crippen LogP contribution in [0.2, 0.25) is 0 Å². The molecule has 2 N–H and O–H groups in total. The summed E-state index contributed by atoms with van der Waals surface area (Å²) in [5.41, 5.74) is 2.87. The largest absolute Gasteiger partial charge is 0.382 e. The topological polar surface area (TPSA) is 63.5 Å². The Balaban J connectivity index is 0.00000341. The van der Waals surface area contributed by atoms with Crippen molar-refractivity contribution in [3.05, 3.63) is 53.6 Å². The van der Waals surface area contributed by atoms with E-state index in [1.165, 1.54) is 36.8 Å². The highest BCUT2D eigenvalue weighted by Gasteiger charge is 2.33. The molecule has 0 spiro atoms. The molecule has 1 aromatic carbocycles. The number of nitrogens with zero attached hydrogens (tertiary/aromatic N) is 3. The van der Waals surface area contributed by atoms with E-state index in [2.05, 4.69) is 56.4 Å². The molecule has 1 fully saturated rings. The lowest BCUT2D eigenvalue weighted by atomic mass is 9.83. The minimum absolute atomic E-state index is 0. The Morgan fingerprint density at radius 3 is 2.68 bits per heavy atom. The summed E-state index contributed by atoms with van der Waals surface area (Å²) in [6.45, 7) is 8.31. The van der Waals surface area contributed by atoms with Crippen LogP contribution in [-0.4, -0.2) is 42.3 Å². The lowest BCUT2D eigenvalue weighted by molar-refractivity contribution is 0.105. The fourth-order valence-electron chi connectivity index (χ4n) is 4.36. The van der Waals surface area contributed by atoms with Gasteiger partial charge in [0, 0.05) is 52.3 Å². The number of nitrogens with one attached hydrogen (secondary N) is 2. The number of hydrogen-bond acceptors (Lipinski definition) is 3. The number of halogens is 1. The summed E-state index contributed by atoms with van der Waals surface area (Å²) in [6, 6.07) is 8.69. The molecule has 1 aliphatic rings. The van der Waals surface area contributed by atoms with Gasteiger partial charge in [0.25, 0.3) is 0 Å². The van der Waals surface area contributed by atoms with Crippen molar-refractivity contribution in [3.63, 3.8) is 0 Å². The Morgan fingerprint density at radius 1 is 1.23 bits per heavy atom. The number of aryl methyl sites for hydroxylation is 1. The first kappa shape index (κ1) is 25.6. The molecule has 1 aliphatic carbocycles. The van der Waals surface area contributed by atoms with Gasteiger partial charge in [-0.05, 0) is 49.7 Å². The molecule has 0 atom stereocenters. The van der Waals surface area contributed by atoms with E-state index in [1.807, 2.05) is 26.4 Å². The van der Waals surface area contributed by atoms with Crippen molar-refractivity contribution >= 4 is 29.9 Å². The SMILES string of the molecule is CCOCCC1(CNC(=NC)NCc2cccc(Cn3ccnc3C)c2)CCCC1.I. The molecule has 0 unspecified atom stereocenters. The Hall–Kier alpha value is -1.61. The van der Waals surface area contributed by atoms with Crippen LogP contribution >= 0.6 is 24.0 Å². The van der Waals surface area contributed by atoms with Gasteiger partial charge in [0.05, 0.1) is 0 Å². The Labute approximate surface area is 204 Å². The summed E-state index contributed by atoms with van der Waals surface area (Å²) in [6.07, 6.45) is 10.2. The summed E-state index contributed by atoms with van der Waals surface area (Å²) >= 11 is 0. The number of benzene rings is 1. The van der Waals surface area contributed by atoms with Gasteiger partial charge < -0.3 is 19.9 Å². The maximum Gasteiger partial charge on any atom is 0.191 e. The quantitative estimate of drug-likeness (QED) is 0.202. The maximum atomic E-state index is 5.64. The van der Waals surface area contributed by atoms with Gasteiger partial charge >= 0.3 is 0 Å². The van der Waals surface area contributed by atoms with Crippen molar-refractivity contribution in [2.24, 2.45) is 10.4 Å². The summed E-state index contributed by atoms with van der Waals surface area (Å²) < 4.78 is 7.80. The highest BCUT2D eigenvalue weighted by atomic mass is 127. The van der Waals surface area contributed by atoms with E-state index < -0.39 is 0 Å². The van der Waals surface area contributed by atoms with Crippen LogP contribution in [0, 0.1) is 12.3 Å². The van der Waals surface area contributed by atoms with E-state index in [-0.39, 0.29) is 24.0 Å². The van der Waals surface area contributed by atoms with Crippen molar-refractivity contribution in [2.75, 3.05) is 26.8 Å². The van der Waals surface area contributed by atoms with Crippen LogP contribution in [0.25, 0.3) is 0 Å². The van der Waals surface area contributed by atoms with Crippen LogP contribution in [0.15, 0.2) is 41.7 Å². The second kappa shape index (κ2) is 13.1. The van der Waals surface area contributed by atoms with Gasteiger partial charge in [-0.15, -0.1) is 24.0 Å². The monoisotopic (exact) mass is 539 g/mol. The van der Waals surface area contributed by atoms with Crippen LogP contribution < -0.4 is 10.6 Å². The zero-order chi connectivity index (χ0) is 21.2. The van der Waals surface area contributed by atoms with Crippen molar-refractivity contribution in [2.45, 2.75) is 59.0 Å².